The molecule has 1 aliphatic heterocycles. The molecule has 0 aromatic heterocycles. The first-order valence-electron chi connectivity index (χ1n) is 13.5. The molecule has 0 fully saturated rings. The molecule has 1 aliphatic rings. The molecule has 0 amide bonds. The van der Waals surface area contributed by atoms with Crippen molar-refractivity contribution in [3.05, 3.63) is 37.5 Å². The molecule has 0 bridgehead atoms. The second-order valence-electron chi connectivity index (χ2n) is 10.8. The number of hydrogen-bond donors (Lipinski definition) is 0. The normalized spacial score (nSPS) is 25.8. The fraction of sp³-hybridized carbons (Fsp3) is 0.793. The molecule has 1 heterocycles. The maximum atomic E-state index is 6.21. The SMILES string of the molecule is C.C=CC(C)C[Si](C)(CCCCl)CC(C)C=C.CC1C=CC(C)C[Si](C)(CCCCl)C1.[2H]CC. The maximum Gasteiger partial charge on any atom is 0.0516 e. The van der Waals surface area contributed by atoms with Crippen LogP contribution in [-0.4, -0.2) is 27.9 Å². The second kappa shape index (κ2) is 21.5. The summed E-state index contributed by atoms with van der Waals surface area (Å²) in [6.07, 6.45) is 11.4. The Balaban J connectivity index is -0.000000495. The molecule has 0 N–H and O–H groups in total. The number of rotatable bonds is 12. The highest BCUT2D eigenvalue weighted by atomic mass is 35.5. The third-order valence-corrected chi connectivity index (χ3v) is 16.8. The topological polar surface area (TPSA) is 0 Å². The average molecular weight is 537 g/mol. The van der Waals surface area contributed by atoms with E-state index in [0.717, 1.165) is 30.0 Å². The van der Waals surface area contributed by atoms with Gasteiger partial charge in [-0.3, -0.25) is 0 Å². The lowest BCUT2D eigenvalue weighted by Gasteiger charge is -2.31. The third-order valence-electron chi connectivity index (χ3n) is 6.66. The predicted molar refractivity (Wildman–Crippen MR) is 167 cm³/mol. The van der Waals surface area contributed by atoms with Crippen molar-refractivity contribution in [1.29, 1.82) is 0 Å². The average Bonchev–Trinajstić information content (AvgIpc) is 2.88. The zero-order chi connectivity index (χ0) is 25.9. The second-order valence-corrected chi connectivity index (χ2v) is 21.4. The molecule has 0 aliphatic carbocycles. The maximum absolute atomic E-state index is 6.21. The van der Waals surface area contributed by atoms with E-state index in [1.54, 1.807) is 6.92 Å². The van der Waals surface area contributed by atoms with Crippen molar-refractivity contribution >= 4 is 39.3 Å². The van der Waals surface area contributed by atoms with Crippen LogP contribution in [0, 0.1) is 23.7 Å². The molecule has 4 atom stereocenters. The monoisotopic (exact) mass is 535 g/mol. The summed E-state index contributed by atoms with van der Waals surface area (Å²) in [5.74, 6) is 4.53. The minimum Gasteiger partial charge on any atom is -0.127 e. The molecule has 4 unspecified atom stereocenters. The molecule has 4 heteroatoms. The molecule has 0 saturated carbocycles. The summed E-state index contributed by atoms with van der Waals surface area (Å²) >= 11 is 11.6. The minimum atomic E-state index is -1.17. The Bertz CT molecular complexity index is 494. The minimum absolute atomic E-state index is 0. The van der Waals surface area contributed by atoms with Crippen molar-refractivity contribution in [2.75, 3.05) is 11.8 Å². The van der Waals surface area contributed by atoms with E-state index in [2.05, 4.69) is 78.3 Å². The molecule has 1 rings (SSSR count). The van der Waals surface area contributed by atoms with E-state index in [4.69, 9.17) is 24.6 Å². The number of hydrogen-bond acceptors (Lipinski definition) is 0. The summed E-state index contributed by atoms with van der Waals surface area (Å²) in [5, 5.41) is 0. The lowest BCUT2D eigenvalue weighted by atomic mass is 10.1. The summed E-state index contributed by atoms with van der Waals surface area (Å²) in [6, 6.07) is 8.37. The van der Waals surface area contributed by atoms with Gasteiger partial charge in [0.1, 0.15) is 0 Å². The molecular formula is C29H60Cl2Si2. The van der Waals surface area contributed by atoms with Crippen LogP contribution in [0.2, 0.25) is 49.4 Å². The fourth-order valence-electron chi connectivity index (χ4n) is 5.35. The van der Waals surface area contributed by atoms with Gasteiger partial charge in [-0.05, 0) is 36.5 Å². The van der Waals surface area contributed by atoms with E-state index in [1.165, 1.54) is 42.7 Å². The molecule has 0 nitrogen and oxygen atoms in total. The van der Waals surface area contributed by atoms with Crippen LogP contribution >= 0.6 is 23.2 Å². The van der Waals surface area contributed by atoms with Crippen LogP contribution in [0.15, 0.2) is 37.5 Å². The van der Waals surface area contributed by atoms with Gasteiger partial charge in [0.2, 0.25) is 0 Å². The summed E-state index contributed by atoms with van der Waals surface area (Å²) in [7, 11) is -2.15. The van der Waals surface area contributed by atoms with Crippen LogP contribution in [0.1, 0.15) is 63.2 Å². The third kappa shape index (κ3) is 19.1. The Morgan fingerprint density at radius 2 is 1.42 bits per heavy atom. The van der Waals surface area contributed by atoms with Crippen LogP contribution in [0.5, 0.6) is 0 Å². The highest BCUT2D eigenvalue weighted by Gasteiger charge is 2.31. The molecule has 0 radical (unpaired) electrons. The van der Waals surface area contributed by atoms with Crippen LogP contribution in [0.25, 0.3) is 0 Å². The van der Waals surface area contributed by atoms with Gasteiger partial charge in [0.25, 0.3) is 0 Å². The standard InChI is InChI=1S/C14H27ClSi.C12H23ClSi.C2H6.CH4/c1-6-13(3)11-16(5,10-8-9-15)12-14(4)7-2;1-11-5-6-12(2)10-14(3,9-11)8-4-7-13;1-2;/h6-7,13-14H,1-2,8-12H2,3-5H3;5-6,11-12H,4,7-10H2,1-3H3;1-2H3;1H4/i;;1D;. The van der Waals surface area contributed by atoms with Crippen LogP contribution < -0.4 is 0 Å². The summed E-state index contributed by atoms with van der Waals surface area (Å²) < 4.78 is 6.21. The molecular weight excluding hydrogens is 475 g/mol. The smallest absolute Gasteiger partial charge is 0.0516 e. The number of halogens is 2. The van der Waals surface area contributed by atoms with E-state index in [-0.39, 0.29) is 7.43 Å². The van der Waals surface area contributed by atoms with Crippen LogP contribution in [0.3, 0.4) is 0 Å². The van der Waals surface area contributed by atoms with E-state index in [0.29, 0.717) is 18.7 Å². The van der Waals surface area contributed by atoms with Gasteiger partial charge in [0.05, 0.1) is 16.1 Å². The number of allylic oxidation sites excluding steroid dienone is 4. The molecule has 0 spiro atoms. The zero-order valence-corrected chi connectivity index (χ0v) is 26.1. The Morgan fingerprint density at radius 3 is 1.76 bits per heavy atom. The molecule has 198 valence electrons. The largest absolute Gasteiger partial charge is 0.127 e. The van der Waals surface area contributed by atoms with Gasteiger partial charge in [0.15, 0.2) is 0 Å². The highest BCUT2D eigenvalue weighted by molar-refractivity contribution is 6.79. The zero-order valence-electron chi connectivity index (χ0n) is 23.6. The lowest BCUT2D eigenvalue weighted by Crippen LogP contribution is -2.33. The molecule has 0 aromatic rings. The molecule has 0 saturated heterocycles. The predicted octanol–water partition coefficient (Wildman–Crippen LogP) is 11.5. The quantitative estimate of drug-likeness (QED) is 0.132. The van der Waals surface area contributed by atoms with E-state index >= 15 is 0 Å². The fourth-order valence-corrected chi connectivity index (χ4v) is 16.1. The highest BCUT2D eigenvalue weighted by Crippen LogP contribution is 2.34. The van der Waals surface area contributed by atoms with Crippen molar-refractivity contribution < 1.29 is 1.37 Å². The summed E-state index contributed by atoms with van der Waals surface area (Å²) in [5.41, 5.74) is 0. The van der Waals surface area contributed by atoms with Gasteiger partial charge in [0, 0.05) is 13.1 Å². The van der Waals surface area contributed by atoms with Crippen LogP contribution in [0.4, 0.5) is 0 Å². The van der Waals surface area contributed by atoms with Gasteiger partial charge in [-0.25, -0.2) is 0 Å². The first kappa shape index (κ1) is 35.4. The van der Waals surface area contributed by atoms with E-state index in [1.807, 2.05) is 0 Å². The lowest BCUT2D eigenvalue weighted by molar-refractivity contribution is 0.753. The van der Waals surface area contributed by atoms with Gasteiger partial charge in [-0.2, -0.15) is 0 Å². The van der Waals surface area contributed by atoms with E-state index in [9.17, 15) is 0 Å². The Morgan fingerprint density at radius 1 is 1.03 bits per heavy atom. The summed E-state index contributed by atoms with van der Waals surface area (Å²) in [4.78, 5) is 0. The van der Waals surface area contributed by atoms with Gasteiger partial charge >= 0.3 is 0 Å². The Hall–Kier alpha value is 0.234. The van der Waals surface area contributed by atoms with Crippen molar-refractivity contribution in [1.82, 2.24) is 0 Å². The number of alkyl halides is 2. The van der Waals surface area contributed by atoms with Crippen LogP contribution in [-0.2, 0) is 0 Å². The van der Waals surface area contributed by atoms with Crippen molar-refractivity contribution in [2.45, 2.75) is 111 Å². The molecule has 0 aromatic carbocycles. The summed E-state index contributed by atoms with van der Waals surface area (Å²) in [6.45, 7) is 24.4. The first-order valence-corrected chi connectivity index (χ1v) is 20.1. The van der Waals surface area contributed by atoms with Crippen molar-refractivity contribution in [3.63, 3.8) is 0 Å². The van der Waals surface area contributed by atoms with Gasteiger partial charge in [-0.15, -0.1) is 36.4 Å². The molecule has 33 heavy (non-hydrogen) atoms. The van der Waals surface area contributed by atoms with Gasteiger partial charge in [-0.1, -0.05) is 123 Å². The van der Waals surface area contributed by atoms with Crippen molar-refractivity contribution in [2.24, 2.45) is 23.7 Å². The van der Waals surface area contributed by atoms with E-state index < -0.39 is 16.1 Å². The van der Waals surface area contributed by atoms with Crippen molar-refractivity contribution in [3.8, 4) is 0 Å². The first-order chi connectivity index (χ1) is 15.4. The Kier molecular flexibility index (Phi) is 23.1. The Labute approximate surface area is 224 Å². The van der Waals surface area contributed by atoms with Gasteiger partial charge < -0.3 is 0 Å².